The zero-order valence-electron chi connectivity index (χ0n) is 10.9. The number of nitrogens with zero attached hydrogens (tertiary/aromatic N) is 1. The Morgan fingerprint density at radius 2 is 2.25 bits per heavy atom. The number of nitrogens with one attached hydrogen (secondary N) is 1. The Morgan fingerprint density at radius 1 is 1.44 bits per heavy atom. The van der Waals surface area contributed by atoms with E-state index in [2.05, 4.69) is 24.2 Å². The van der Waals surface area contributed by atoms with E-state index in [-0.39, 0.29) is 0 Å². The monoisotopic (exact) mass is 228 g/mol. The van der Waals surface area contributed by atoms with Gasteiger partial charge in [-0.2, -0.15) is 0 Å². The number of aliphatic hydroxyl groups is 1. The van der Waals surface area contributed by atoms with Crippen LogP contribution in [0.5, 0.6) is 0 Å². The largest absolute Gasteiger partial charge is 0.396 e. The van der Waals surface area contributed by atoms with Gasteiger partial charge in [0.1, 0.15) is 0 Å². The first-order chi connectivity index (χ1) is 7.77. The Morgan fingerprint density at radius 3 is 2.88 bits per heavy atom. The van der Waals surface area contributed by atoms with Crippen molar-refractivity contribution in [3.63, 3.8) is 0 Å². The van der Waals surface area contributed by atoms with E-state index in [0.717, 1.165) is 32.0 Å². The van der Waals surface area contributed by atoms with Crippen molar-refractivity contribution in [2.75, 3.05) is 33.3 Å². The number of hydrogen-bond acceptors (Lipinski definition) is 3. The number of piperidine rings is 1. The molecule has 96 valence electrons. The summed E-state index contributed by atoms with van der Waals surface area (Å²) in [5, 5.41) is 12.5. The van der Waals surface area contributed by atoms with Crippen LogP contribution in [0.2, 0.25) is 0 Å². The van der Waals surface area contributed by atoms with Gasteiger partial charge in [0, 0.05) is 19.2 Å². The topological polar surface area (TPSA) is 35.5 Å². The van der Waals surface area contributed by atoms with Gasteiger partial charge >= 0.3 is 0 Å². The molecule has 1 heterocycles. The lowest BCUT2D eigenvalue weighted by Gasteiger charge is -2.33. The molecule has 0 bridgehead atoms. The average molecular weight is 228 g/mol. The van der Waals surface area contributed by atoms with Gasteiger partial charge in [0.2, 0.25) is 0 Å². The summed E-state index contributed by atoms with van der Waals surface area (Å²) in [5.41, 5.74) is 0. The maximum Gasteiger partial charge on any atom is 0.0434 e. The normalized spacial score (nSPS) is 24.6. The fourth-order valence-electron chi connectivity index (χ4n) is 2.49. The third kappa shape index (κ3) is 4.81. The van der Waals surface area contributed by atoms with Gasteiger partial charge in [0.15, 0.2) is 0 Å². The van der Waals surface area contributed by atoms with Crippen LogP contribution in [0.4, 0.5) is 0 Å². The van der Waals surface area contributed by atoms with Crippen molar-refractivity contribution in [1.29, 1.82) is 0 Å². The molecule has 0 aliphatic carbocycles. The average Bonchev–Trinajstić information content (AvgIpc) is 2.30. The third-order valence-corrected chi connectivity index (χ3v) is 3.85. The lowest BCUT2D eigenvalue weighted by atomic mass is 10.0. The molecule has 0 aromatic heterocycles. The van der Waals surface area contributed by atoms with Gasteiger partial charge in [-0.05, 0) is 45.3 Å². The number of rotatable bonds is 7. The molecule has 0 radical (unpaired) electrons. The highest BCUT2D eigenvalue weighted by atomic mass is 16.3. The summed E-state index contributed by atoms with van der Waals surface area (Å²) in [6, 6.07) is 0.723. The molecule has 1 aliphatic rings. The van der Waals surface area contributed by atoms with Crippen LogP contribution in [0.15, 0.2) is 0 Å². The molecule has 0 spiro atoms. The minimum atomic E-state index is 0.323. The van der Waals surface area contributed by atoms with Crippen molar-refractivity contribution in [2.45, 2.75) is 45.1 Å². The van der Waals surface area contributed by atoms with Crippen LogP contribution >= 0.6 is 0 Å². The molecular weight excluding hydrogens is 200 g/mol. The summed E-state index contributed by atoms with van der Waals surface area (Å²) in [4.78, 5) is 2.48. The Kier molecular flexibility index (Phi) is 7.01. The molecule has 3 nitrogen and oxygen atoms in total. The number of likely N-dealkylation sites (N-methyl/N-ethyl adjacent to an activating group) is 1. The molecule has 2 unspecified atom stereocenters. The van der Waals surface area contributed by atoms with Crippen molar-refractivity contribution in [1.82, 2.24) is 10.2 Å². The van der Waals surface area contributed by atoms with E-state index in [4.69, 9.17) is 5.11 Å². The van der Waals surface area contributed by atoms with Gasteiger partial charge in [-0.1, -0.05) is 19.8 Å². The second-order valence-electron chi connectivity index (χ2n) is 5.08. The lowest BCUT2D eigenvalue weighted by molar-refractivity contribution is 0.178. The van der Waals surface area contributed by atoms with Crippen molar-refractivity contribution in [3.05, 3.63) is 0 Å². The van der Waals surface area contributed by atoms with Crippen molar-refractivity contribution < 1.29 is 5.11 Å². The molecule has 1 aliphatic heterocycles. The summed E-state index contributed by atoms with van der Waals surface area (Å²) in [5.74, 6) is 0.638. The van der Waals surface area contributed by atoms with Crippen LogP contribution in [0.3, 0.4) is 0 Å². The molecule has 1 saturated heterocycles. The molecule has 3 heteroatoms. The van der Waals surface area contributed by atoms with Crippen LogP contribution in [-0.2, 0) is 0 Å². The van der Waals surface area contributed by atoms with Crippen LogP contribution in [0.1, 0.15) is 39.0 Å². The predicted molar refractivity (Wildman–Crippen MR) is 68.6 cm³/mol. The number of aliphatic hydroxyl groups excluding tert-OH is 1. The fourth-order valence-corrected chi connectivity index (χ4v) is 2.49. The highest BCUT2D eigenvalue weighted by Gasteiger charge is 2.18. The second-order valence-corrected chi connectivity index (χ2v) is 5.08. The SMILES string of the molecule is CCC(CCO)CNCC1CCCCN1C. The van der Waals surface area contributed by atoms with E-state index in [0.29, 0.717) is 12.5 Å². The Bertz CT molecular complexity index is 175. The van der Waals surface area contributed by atoms with Gasteiger partial charge in [0.25, 0.3) is 0 Å². The van der Waals surface area contributed by atoms with Crippen molar-refractivity contribution in [2.24, 2.45) is 5.92 Å². The highest BCUT2D eigenvalue weighted by molar-refractivity contribution is 4.76. The number of likely N-dealkylation sites (tertiary alicyclic amines) is 1. The maximum atomic E-state index is 8.92. The van der Waals surface area contributed by atoms with E-state index in [1.807, 2.05) is 0 Å². The summed E-state index contributed by atoms with van der Waals surface area (Å²) < 4.78 is 0. The molecular formula is C13H28N2O. The van der Waals surface area contributed by atoms with Crippen molar-refractivity contribution in [3.8, 4) is 0 Å². The maximum absolute atomic E-state index is 8.92. The molecule has 2 atom stereocenters. The standard InChI is InChI=1S/C13H28N2O/c1-3-12(7-9-16)10-14-11-13-6-4-5-8-15(13)2/h12-14,16H,3-11H2,1-2H3. The summed E-state index contributed by atoms with van der Waals surface area (Å²) >= 11 is 0. The van der Waals surface area contributed by atoms with Crippen molar-refractivity contribution >= 4 is 0 Å². The first-order valence-electron chi connectivity index (χ1n) is 6.79. The lowest BCUT2D eigenvalue weighted by Crippen LogP contribution is -2.44. The van der Waals surface area contributed by atoms with Crippen LogP contribution in [-0.4, -0.2) is 49.3 Å². The predicted octanol–water partition coefficient (Wildman–Crippen LogP) is 1.47. The van der Waals surface area contributed by atoms with E-state index in [1.54, 1.807) is 0 Å². The van der Waals surface area contributed by atoms with Crippen LogP contribution in [0, 0.1) is 5.92 Å². The van der Waals surface area contributed by atoms with Gasteiger partial charge < -0.3 is 15.3 Å². The quantitative estimate of drug-likeness (QED) is 0.692. The fraction of sp³-hybridized carbons (Fsp3) is 1.00. The van der Waals surface area contributed by atoms with E-state index in [9.17, 15) is 0 Å². The van der Waals surface area contributed by atoms with Gasteiger partial charge in [-0.25, -0.2) is 0 Å². The van der Waals surface area contributed by atoms with Gasteiger partial charge in [0.05, 0.1) is 0 Å². The summed E-state index contributed by atoms with van der Waals surface area (Å²) in [6.45, 7) is 5.94. The molecule has 1 fully saturated rings. The van der Waals surface area contributed by atoms with E-state index in [1.165, 1.54) is 25.8 Å². The second kappa shape index (κ2) is 8.04. The zero-order chi connectivity index (χ0) is 11.8. The van der Waals surface area contributed by atoms with Gasteiger partial charge in [-0.3, -0.25) is 0 Å². The highest BCUT2D eigenvalue weighted by Crippen LogP contribution is 2.14. The van der Waals surface area contributed by atoms with E-state index >= 15 is 0 Å². The molecule has 0 aromatic rings. The molecule has 0 amide bonds. The molecule has 0 aromatic carbocycles. The summed E-state index contributed by atoms with van der Waals surface area (Å²) in [6.07, 6.45) is 6.16. The first kappa shape index (κ1) is 13.9. The summed E-state index contributed by atoms with van der Waals surface area (Å²) in [7, 11) is 2.23. The molecule has 2 N–H and O–H groups in total. The third-order valence-electron chi connectivity index (χ3n) is 3.85. The minimum Gasteiger partial charge on any atom is -0.396 e. The number of hydrogen-bond donors (Lipinski definition) is 2. The Hall–Kier alpha value is -0.120. The van der Waals surface area contributed by atoms with E-state index < -0.39 is 0 Å². The molecule has 1 rings (SSSR count). The molecule has 0 saturated carbocycles. The van der Waals surface area contributed by atoms with Crippen LogP contribution in [0.25, 0.3) is 0 Å². The first-order valence-corrected chi connectivity index (χ1v) is 6.79. The van der Waals surface area contributed by atoms with Gasteiger partial charge in [-0.15, -0.1) is 0 Å². The zero-order valence-corrected chi connectivity index (χ0v) is 10.9. The molecule has 16 heavy (non-hydrogen) atoms. The smallest absolute Gasteiger partial charge is 0.0434 e. The minimum absolute atomic E-state index is 0.323. The Labute approximate surface area is 100 Å². The van der Waals surface area contributed by atoms with Crippen LogP contribution < -0.4 is 5.32 Å². The Balaban J connectivity index is 2.13.